The molecule has 11 heteroatoms. The Labute approximate surface area is 201 Å². The lowest BCUT2D eigenvalue weighted by atomic mass is 10.0. The van der Waals surface area contributed by atoms with E-state index in [4.69, 9.17) is 4.74 Å². The molecule has 1 aliphatic rings. The predicted molar refractivity (Wildman–Crippen MR) is 126 cm³/mol. The van der Waals surface area contributed by atoms with Crippen LogP contribution in [-0.4, -0.2) is 79.1 Å². The lowest BCUT2D eigenvalue weighted by Gasteiger charge is -2.37. The number of ether oxygens (including phenoxy) is 1. The number of carboxylic acid groups (broad SMARTS) is 1. The van der Waals surface area contributed by atoms with Gasteiger partial charge in [0.2, 0.25) is 15.9 Å². The number of carbonyl (C=O) groups excluding carboxylic acids is 2. The molecule has 0 spiro atoms. The van der Waals surface area contributed by atoms with E-state index in [1.807, 2.05) is 0 Å². The monoisotopic (exact) mass is 497 g/mol. The number of hydrogen-bond donors (Lipinski definition) is 2. The van der Waals surface area contributed by atoms with Gasteiger partial charge < -0.3 is 19.6 Å². The van der Waals surface area contributed by atoms with Crippen molar-refractivity contribution in [2.75, 3.05) is 20.1 Å². The van der Waals surface area contributed by atoms with Gasteiger partial charge in [-0.1, -0.05) is 30.3 Å². The summed E-state index contributed by atoms with van der Waals surface area (Å²) >= 11 is 0. The fourth-order valence-corrected chi connectivity index (χ4v) is 5.06. The molecule has 1 aliphatic heterocycles. The number of carboxylic acids is 1. The minimum Gasteiger partial charge on any atom is -0.480 e. The zero-order chi connectivity index (χ0) is 25.5. The summed E-state index contributed by atoms with van der Waals surface area (Å²) in [7, 11) is -2.26. The van der Waals surface area contributed by atoms with Gasteiger partial charge in [-0.15, -0.1) is 0 Å². The first-order chi connectivity index (χ1) is 15.8. The number of aliphatic carboxylic acids is 1. The van der Waals surface area contributed by atoms with Crippen molar-refractivity contribution in [2.45, 2.75) is 69.9 Å². The highest BCUT2D eigenvalue weighted by Gasteiger charge is 2.31. The van der Waals surface area contributed by atoms with E-state index in [1.165, 1.54) is 0 Å². The summed E-state index contributed by atoms with van der Waals surface area (Å²) in [5, 5.41) is 9.46. The number of rotatable bonds is 9. The van der Waals surface area contributed by atoms with Crippen molar-refractivity contribution >= 4 is 28.0 Å². The van der Waals surface area contributed by atoms with E-state index in [0.29, 0.717) is 31.5 Å². The van der Waals surface area contributed by atoms with Crippen LogP contribution in [0.1, 0.15) is 52.0 Å². The summed E-state index contributed by atoms with van der Waals surface area (Å²) in [4.78, 5) is 39.7. The van der Waals surface area contributed by atoms with Crippen LogP contribution >= 0.6 is 0 Å². The molecule has 2 rings (SSSR count). The number of likely N-dealkylation sites (tertiary alicyclic amines) is 1. The molecule has 2 N–H and O–H groups in total. The quantitative estimate of drug-likeness (QED) is 0.534. The number of nitrogens with zero attached hydrogens (tertiary/aromatic N) is 2. The van der Waals surface area contributed by atoms with Gasteiger partial charge in [-0.05, 0) is 45.6 Å². The summed E-state index contributed by atoms with van der Waals surface area (Å²) in [6, 6.07) is 6.94. The molecule has 0 bridgehead atoms. The second kappa shape index (κ2) is 11.7. The molecule has 1 aromatic carbocycles. The first-order valence-electron chi connectivity index (χ1n) is 11.3. The highest BCUT2D eigenvalue weighted by Crippen LogP contribution is 2.19. The van der Waals surface area contributed by atoms with Crippen molar-refractivity contribution in [2.24, 2.45) is 0 Å². The Hall–Kier alpha value is -2.66. The smallest absolute Gasteiger partial charge is 0.410 e. The van der Waals surface area contributed by atoms with Crippen LogP contribution in [0.15, 0.2) is 30.3 Å². The highest BCUT2D eigenvalue weighted by atomic mass is 32.2. The van der Waals surface area contributed by atoms with Gasteiger partial charge in [0.15, 0.2) is 0 Å². The van der Waals surface area contributed by atoms with Gasteiger partial charge >= 0.3 is 12.1 Å². The number of nitrogens with one attached hydrogen (secondary N) is 1. The number of amides is 2. The van der Waals surface area contributed by atoms with Gasteiger partial charge in [0.25, 0.3) is 0 Å². The zero-order valence-electron chi connectivity index (χ0n) is 20.2. The Morgan fingerprint density at radius 3 is 2.29 bits per heavy atom. The normalized spacial score (nSPS) is 16.1. The summed E-state index contributed by atoms with van der Waals surface area (Å²) in [5.41, 5.74) is -0.0445. The molecule has 1 heterocycles. The average molecular weight is 498 g/mol. The first kappa shape index (κ1) is 27.6. The van der Waals surface area contributed by atoms with E-state index in [-0.39, 0.29) is 36.6 Å². The summed E-state index contributed by atoms with van der Waals surface area (Å²) < 4.78 is 32.4. The molecule has 1 saturated heterocycles. The maximum absolute atomic E-state index is 12.7. The summed E-state index contributed by atoms with van der Waals surface area (Å²) in [6.07, 6.45) is 0.491. The topological polar surface area (TPSA) is 133 Å². The molecule has 2 amide bonds. The van der Waals surface area contributed by atoms with Gasteiger partial charge in [-0.3, -0.25) is 9.59 Å². The van der Waals surface area contributed by atoms with Gasteiger partial charge in [0.05, 0.1) is 5.75 Å². The molecule has 1 fully saturated rings. The Balaban J connectivity index is 1.85. The van der Waals surface area contributed by atoms with Crippen LogP contribution in [0.2, 0.25) is 0 Å². The van der Waals surface area contributed by atoms with E-state index in [2.05, 4.69) is 4.72 Å². The SMILES string of the molecule is CN(C(=O)CCC(NS(=O)(=O)Cc1ccccc1)C(=O)O)C1CCN(C(=O)OC(C)(C)C)CC1. The van der Waals surface area contributed by atoms with E-state index >= 15 is 0 Å². The number of sulfonamides is 1. The van der Waals surface area contributed by atoms with E-state index in [0.717, 1.165) is 0 Å². The van der Waals surface area contributed by atoms with E-state index in [9.17, 15) is 27.9 Å². The van der Waals surface area contributed by atoms with Crippen LogP contribution in [0.3, 0.4) is 0 Å². The molecule has 0 radical (unpaired) electrons. The fraction of sp³-hybridized carbons (Fsp3) is 0.609. The molecule has 1 atom stereocenters. The lowest BCUT2D eigenvalue weighted by molar-refractivity contribution is -0.139. The molecular formula is C23H35N3O7S. The van der Waals surface area contributed by atoms with E-state index < -0.39 is 27.6 Å². The molecule has 190 valence electrons. The maximum atomic E-state index is 12.7. The molecule has 1 unspecified atom stereocenters. The van der Waals surface area contributed by atoms with Crippen molar-refractivity contribution in [3.63, 3.8) is 0 Å². The van der Waals surface area contributed by atoms with Gasteiger partial charge in [-0.25, -0.2) is 17.9 Å². The Kier molecular flexibility index (Phi) is 9.45. The second-order valence-electron chi connectivity index (χ2n) is 9.50. The predicted octanol–water partition coefficient (Wildman–Crippen LogP) is 2.20. The van der Waals surface area contributed by atoms with Crippen LogP contribution in [0, 0.1) is 0 Å². The zero-order valence-corrected chi connectivity index (χ0v) is 21.0. The Morgan fingerprint density at radius 1 is 1.18 bits per heavy atom. The van der Waals surface area contributed by atoms with Crippen molar-refractivity contribution < 1.29 is 32.6 Å². The molecule has 34 heavy (non-hydrogen) atoms. The number of piperidine rings is 1. The lowest BCUT2D eigenvalue weighted by Crippen LogP contribution is -2.48. The molecule has 0 saturated carbocycles. The van der Waals surface area contributed by atoms with Crippen molar-refractivity contribution in [1.29, 1.82) is 0 Å². The Morgan fingerprint density at radius 2 is 1.76 bits per heavy atom. The van der Waals surface area contributed by atoms with Crippen molar-refractivity contribution in [3.05, 3.63) is 35.9 Å². The minimum absolute atomic E-state index is 0.0933. The summed E-state index contributed by atoms with van der Waals surface area (Å²) in [6.45, 7) is 6.31. The van der Waals surface area contributed by atoms with E-state index in [1.54, 1.807) is 68.0 Å². The van der Waals surface area contributed by atoms with Crippen LogP contribution in [0.25, 0.3) is 0 Å². The largest absolute Gasteiger partial charge is 0.480 e. The first-order valence-corrected chi connectivity index (χ1v) is 12.9. The van der Waals surface area contributed by atoms with Gasteiger partial charge in [-0.2, -0.15) is 0 Å². The van der Waals surface area contributed by atoms with Crippen molar-refractivity contribution in [3.8, 4) is 0 Å². The third kappa shape index (κ3) is 8.94. The standard InChI is InChI=1S/C23H35N3O7S/c1-23(2,3)33-22(30)26-14-12-18(13-15-26)25(4)20(27)11-10-19(21(28)29)24-34(31,32)16-17-8-6-5-7-9-17/h5-9,18-19,24H,10-16H2,1-4H3,(H,28,29). The van der Waals surface area contributed by atoms with Gasteiger partial charge in [0.1, 0.15) is 11.6 Å². The third-order valence-electron chi connectivity index (χ3n) is 5.52. The molecule has 10 nitrogen and oxygen atoms in total. The molecule has 1 aromatic rings. The molecular weight excluding hydrogens is 462 g/mol. The van der Waals surface area contributed by atoms with Gasteiger partial charge in [0, 0.05) is 32.6 Å². The van der Waals surface area contributed by atoms with Crippen LogP contribution < -0.4 is 4.72 Å². The second-order valence-corrected chi connectivity index (χ2v) is 11.2. The van der Waals surface area contributed by atoms with Crippen LogP contribution in [-0.2, 0) is 30.1 Å². The average Bonchev–Trinajstić information content (AvgIpc) is 2.75. The number of carbonyl (C=O) groups is 3. The minimum atomic E-state index is -3.90. The number of benzene rings is 1. The molecule has 0 aliphatic carbocycles. The maximum Gasteiger partial charge on any atom is 0.410 e. The summed E-state index contributed by atoms with van der Waals surface area (Å²) in [5.74, 6) is -1.95. The van der Waals surface area contributed by atoms with Crippen LogP contribution in [0.4, 0.5) is 4.79 Å². The third-order valence-corrected chi connectivity index (χ3v) is 6.88. The van der Waals surface area contributed by atoms with Crippen LogP contribution in [0.5, 0.6) is 0 Å². The number of hydrogen-bond acceptors (Lipinski definition) is 6. The fourth-order valence-electron chi connectivity index (χ4n) is 3.69. The Bertz CT molecular complexity index is 953. The molecule has 0 aromatic heterocycles. The highest BCUT2D eigenvalue weighted by molar-refractivity contribution is 7.88. The van der Waals surface area contributed by atoms with Crippen molar-refractivity contribution in [1.82, 2.24) is 14.5 Å².